The molecular formula is C17H30N4. The summed E-state index contributed by atoms with van der Waals surface area (Å²) in [4.78, 5) is 5.29. The van der Waals surface area contributed by atoms with E-state index >= 15 is 0 Å². The highest BCUT2D eigenvalue weighted by atomic mass is 15.3. The van der Waals surface area contributed by atoms with Gasteiger partial charge in [0, 0.05) is 44.8 Å². The summed E-state index contributed by atoms with van der Waals surface area (Å²) in [6.07, 6.45) is 6.09. The maximum absolute atomic E-state index is 9.59. The number of rotatable bonds is 5. The highest BCUT2D eigenvalue weighted by Gasteiger charge is 2.42. The number of nitrogens with one attached hydrogen (secondary N) is 1. The van der Waals surface area contributed by atoms with Crippen molar-refractivity contribution < 1.29 is 0 Å². The van der Waals surface area contributed by atoms with Gasteiger partial charge < -0.3 is 4.90 Å². The van der Waals surface area contributed by atoms with Gasteiger partial charge in [0.1, 0.15) is 5.54 Å². The molecule has 21 heavy (non-hydrogen) atoms. The van der Waals surface area contributed by atoms with Crippen LogP contribution < -0.4 is 5.32 Å². The van der Waals surface area contributed by atoms with Gasteiger partial charge in [-0.2, -0.15) is 5.26 Å². The summed E-state index contributed by atoms with van der Waals surface area (Å²) in [7, 11) is 0. The van der Waals surface area contributed by atoms with Crippen LogP contribution in [0.4, 0.5) is 0 Å². The first kappa shape index (κ1) is 15.3. The van der Waals surface area contributed by atoms with Gasteiger partial charge in [-0.15, -0.1) is 0 Å². The largest absolute Gasteiger partial charge is 0.301 e. The van der Waals surface area contributed by atoms with Gasteiger partial charge in [0.2, 0.25) is 0 Å². The Balaban J connectivity index is 1.49. The minimum atomic E-state index is -0.274. The average Bonchev–Trinajstić information content (AvgIpc) is 3.18. The van der Waals surface area contributed by atoms with Crippen molar-refractivity contribution in [3.8, 4) is 6.07 Å². The Morgan fingerprint density at radius 1 is 1.19 bits per heavy atom. The fourth-order valence-electron chi connectivity index (χ4n) is 4.13. The molecule has 118 valence electrons. The Kier molecular flexibility index (Phi) is 4.54. The minimum absolute atomic E-state index is 0.274. The molecule has 3 fully saturated rings. The Labute approximate surface area is 129 Å². The first-order chi connectivity index (χ1) is 10.1. The summed E-state index contributed by atoms with van der Waals surface area (Å²) >= 11 is 0. The lowest BCUT2D eigenvalue weighted by atomic mass is 9.98. The third kappa shape index (κ3) is 3.77. The van der Waals surface area contributed by atoms with Crippen LogP contribution in [0.25, 0.3) is 0 Å². The van der Waals surface area contributed by atoms with E-state index in [1.54, 1.807) is 0 Å². The molecule has 2 saturated carbocycles. The molecule has 0 bridgehead atoms. The second-order valence-electron chi connectivity index (χ2n) is 7.67. The standard InChI is InChI=1S/C17H30N4/c1-14(2)19-17(13-18)6-5-16(11-17)21-9-7-20(8-10-21)12-15-3-4-15/h14-16,19H,3-12H2,1-2H3. The van der Waals surface area contributed by atoms with E-state index in [9.17, 15) is 5.26 Å². The zero-order chi connectivity index (χ0) is 14.9. The van der Waals surface area contributed by atoms with Crippen molar-refractivity contribution >= 4 is 0 Å². The van der Waals surface area contributed by atoms with Crippen LogP contribution in [0.1, 0.15) is 46.0 Å². The molecule has 1 aliphatic heterocycles. The third-order valence-corrected chi connectivity index (χ3v) is 5.40. The molecule has 0 radical (unpaired) electrons. The summed E-state index contributed by atoms with van der Waals surface area (Å²) < 4.78 is 0. The van der Waals surface area contributed by atoms with Crippen molar-refractivity contribution in [3.05, 3.63) is 0 Å². The van der Waals surface area contributed by atoms with E-state index in [4.69, 9.17) is 0 Å². The normalized spacial score (nSPS) is 35.2. The van der Waals surface area contributed by atoms with Crippen molar-refractivity contribution in [2.75, 3.05) is 32.7 Å². The Morgan fingerprint density at radius 2 is 1.90 bits per heavy atom. The Hall–Kier alpha value is -0.630. The second-order valence-corrected chi connectivity index (χ2v) is 7.67. The second kappa shape index (κ2) is 6.24. The first-order valence-corrected chi connectivity index (χ1v) is 8.75. The molecule has 0 spiro atoms. The van der Waals surface area contributed by atoms with Crippen LogP contribution in [0, 0.1) is 17.2 Å². The molecule has 0 aromatic heterocycles. The monoisotopic (exact) mass is 290 g/mol. The molecule has 4 nitrogen and oxygen atoms in total. The minimum Gasteiger partial charge on any atom is -0.301 e. The summed E-state index contributed by atoms with van der Waals surface area (Å²) in [5.41, 5.74) is -0.274. The average molecular weight is 290 g/mol. The van der Waals surface area contributed by atoms with Gasteiger partial charge >= 0.3 is 0 Å². The Morgan fingerprint density at radius 3 is 2.48 bits per heavy atom. The predicted octanol–water partition coefficient (Wildman–Crippen LogP) is 1.83. The van der Waals surface area contributed by atoms with Crippen LogP contribution in [0.3, 0.4) is 0 Å². The molecule has 2 atom stereocenters. The molecule has 2 unspecified atom stereocenters. The predicted molar refractivity (Wildman–Crippen MR) is 85.0 cm³/mol. The molecule has 3 rings (SSSR count). The number of hydrogen-bond donors (Lipinski definition) is 1. The zero-order valence-corrected chi connectivity index (χ0v) is 13.6. The van der Waals surface area contributed by atoms with Gasteiger partial charge in [0.25, 0.3) is 0 Å². The number of nitriles is 1. The summed E-state index contributed by atoms with van der Waals surface area (Å²) in [6, 6.07) is 3.57. The van der Waals surface area contributed by atoms with Gasteiger partial charge in [-0.05, 0) is 51.9 Å². The topological polar surface area (TPSA) is 42.3 Å². The van der Waals surface area contributed by atoms with E-state index in [1.807, 2.05) is 0 Å². The Bertz CT molecular complexity index is 390. The number of nitrogens with zero attached hydrogens (tertiary/aromatic N) is 3. The van der Waals surface area contributed by atoms with E-state index in [0.717, 1.165) is 18.8 Å². The fraction of sp³-hybridized carbons (Fsp3) is 0.941. The molecule has 1 N–H and O–H groups in total. The maximum atomic E-state index is 9.59. The van der Waals surface area contributed by atoms with E-state index in [1.165, 1.54) is 52.0 Å². The van der Waals surface area contributed by atoms with E-state index in [2.05, 4.69) is 35.0 Å². The van der Waals surface area contributed by atoms with E-state index in [0.29, 0.717) is 12.1 Å². The van der Waals surface area contributed by atoms with Gasteiger partial charge in [0.15, 0.2) is 0 Å². The molecule has 4 heteroatoms. The zero-order valence-electron chi connectivity index (χ0n) is 13.6. The van der Waals surface area contributed by atoms with E-state index in [-0.39, 0.29) is 5.54 Å². The van der Waals surface area contributed by atoms with E-state index < -0.39 is 0 Å². The van der Waals surface area contributed by atoms with Crippen LogP contribution in [0.5, 0.6) is 0 Å². The van der Waals surface area contributed by atoms with Gasteiger partial charge in [-0.25, -0.2) is 0 Å². The molecule has 0 amide bonds. The first-order valence-electron chi connectivity index (χ1n) is 8.75. The van der Waals surface area contributed by atoms with Crippen LogP contribution in [0.2, 0.25) is 0 Å². The quantitative estimate of drug-likeness (QED) is 0.839. The molecule has 0 aromatic rings. The molecule has 0 aromatic carbocycles. The van der Waals surface area contributed by atoms with Crippen LogP contribution in [-0.4, -0.2) is 60.1 Å². The lowest BCUT2D eigenvalue weighted by Crippen LogP contribution is -2.52. The summed E-state index contributed by atoms with van der Waals surface area (Å²) in [6.45, 7) is 10.5. The van der Waals surface area contributed by atoms with Crippen molar-refractivity contribution in [1.82, 2.24) is 15.1 Å². The lowest BCUT2D eigenvalue weighted by Gasteiger charge is -2.38. The summed E-state index contributed by atoms with van der Waals surface area (Å²) in [5, 5.41) is 13.1. The molecule has 1 saturated heterocycles. The highest BCUT2D eigenvalue weighted by Crippen LogP contribution is 2.34. The van der Waals surface area contributed by atoms with Crippen LogP contribution in [-0.2, 0) is 0 Å². The smallest absolute Gasteiger partial charge is 0.108 e. The molecule has 3 aliphatic rings. The lowest BCUT2D eigenvalue weighted by molar-refractivity contribution is 0.0927. The summed E-state index contributed by atoms with van der Waals surface area (Å²) in [5.74, 6) is 1.00. The van der Waals surface area contributed by atoms with Crippen molar-refractivity contribution in [2.45, 2.75) is 63.6 Å². The van der Waals surface area contributed by atoms with Crippen molar-refractivity contribution in [1.29, 1.82) is 5.26 Å². The number of piperazine rings is 1. The number of hydrogen-bond acceptors (Lipinski definition) is 4. The third-order valence-electron chi connectivity index (χ3n) is 5.40. The van der Waals surface area contributed by atoms with Gasteiger partial charge in [-0.1, -0.05) is 0 Å². The van der Waals surface area contributed by atoms with Gasteiger partial charge in [0.05, 0.1) is 6.07 Å². The highest BCUT2D eigenvalue weighted by molar-refractivity contribution is 5.14. The van der Waals surface area contributed by atoms with Crippen LogP contribution >= 0.6 is 0 Å². The maximum Gasteiger partial charge on any atom is 0.108 e. The van der Waals surface area contributed by atoms with Crippen molar-refractivity contribution in [2.24, 2.45) is 5.92 Å². The molecule has 2 aliphatic carbocycles. The SMILES string of the molecule is CC(C)NC1(C#N)CCC(N2CCN(CC3CC3)CC2)C1. The van der Waals surface area contributed by atoms with Gasteiger partial charge in [-0.3, -0.25) is 10.2 Å². The molecular weight excluding hydrogens is 260 g/mol. The van der Waals surface area contributed by atoms with Crippen molar-refractivity contribution in [3.63, 3.8) is 0 Å². The van der Waals surface area contributed by atoms with Crippen LogP contribution in [0.15, 0.2) is 0 Å². The molecule has 1 heterocycles. The fourth-order valence-corrected chi connectivity index (χ4v) is 4.13.